The highest BCUT2D eigenvalue weighted by Gasteiger charge is 2.51. The van der Waals surface area contributed by atoms with Gasteiger partial charge in [0.1, 0.15) is 17.3 Å². The van der Waals surface area contributed by atoms with Crippen LogP contribution in [0.15, 0.2) is 103 Å². The first-order valence-corrected chi connectivity index (χ1v) is 16.6. The predicted molar refractivity (Wildman–Crippen MR) is 187 cm³/mol. The summed E-state index contributed by atoms with van der Waals surface area (Å²) in [5.41, 5.74) is 6.05. The van der Waals surface area contributed by atoms with Crippen LogP contribution in [0.25, 0.3) is 27.6 Å². The summed E-state index contributed by atoms with van der Waals surface area (Å²) in [5, 5.41) is 2.39. The second-order valence-electron chi connectivity index (χ2n) is 14.5. The van der Waals surface area contributed by atoms with Crippen molar-refractivity contribution in [2.45, 2.75) is 63.8 Å². The molecule has 3 aliphatic rings. The minimum Gasteiger partial charge on any atom is -0.457 e. The first-order valence-electron chi connectivity index (χ1n) is 16.6. The number of fused-ring (bicyclic) bond motifs is 6. The van der Waals surface area contributed by atoms with Crippen LogP contribution in [-0.2, 0) is 5.41 Å². The van der Waals surface area contributed by atoms with E-state index in [1.807, 2.05) is 18.5 Å². The van der Waals surface area contributed by atoms with E-state index < -0.39 is 0 Å². The molecule has 0 unspecified atom stereocenters. The van der Waals surface area contributed by atoms with Gasteiger partial charge in [-0.15, -0.1) is 0 Å². The lowest BCUT2D eigenvalue weighted by molar-refractivity contribution is 0.388. The fourth-order valence-electron chi connectivity index (χ4n) is 8.35. The van der Waals surface area contributed by atoms with Gasteiger partial charge >= 0.3 is 0 Å². The Bertz CT molecular complexity index is 2120. The summed E-state index contributed by atoms with van der Waals surface area (Å²) in [6.07, 6.45) is 10.4. The van der Waals surface area contributed by atoms with Gasteiger partial charge in [0.15, 0.2) is 5.82 Å². The fourth-order valence-corrected chi connectivity index (χ4v) is 8.35. The third-order valence-corrected chi connectivity index (χ3v) is 10.7. The fraction of sp³-hybridized carbons (Fsp3) is 0.300. The molecule has 2 fully saturated rings. The zero-order chi connectivity index (χ0) is 31.0. The van der Waals surface area contributed by atoms with Gasteiger partial charge in [0.25, 0.3) is 0 Å². The predicted octanol–water partition coefficient (Wildman–Crippen LogP) is 9.91. The van der Waals surface area contributed by atoms with E-state index >= 15 is 0 Å². The molecule has 0 amide bonds. The van der Waals surface area contributed by atoms with Crippen LogP contribution in [0.4, 0.5) is 17.2 Å². The molecular formula is C40H39N5O. The summed E-state index contributed by atoms with van der Waals surface area (Å²) in [4.78, 5) is 14.8. The Morgan fingerprint density at radius 3 is 2.41 bits per heavy atom. The third-order valence-electron chi connectivity index (χ3n) is 10.7. The standard InChI is InChI=1S/C40H39N5O/c1-39(2,3)28-17-21-41-37(22-28)45-34-11-5-4-10-32(34)33-14-13-31(24-36(33)45)46-30-9-6-8-29(23-30)43-26-44(38-35(43)12-7-20-42-38)40-18-15-27(25-40)16-19-40/h4-14,17,20-24,27H,15-16,18-19,25-26H2,1-3H3. The molecule has 4 heterocycles. The average Bonchev–Trinajstić information content (AvgIpc) is 3.85. The van der Waals surface area contributed by atoms with Gasteiger partial charge in [-0.1, -0.05) is 45.0 Å². The van der Waals surface area contributed by atoms with Crippen LogP contribution in [0.2, 0.25) is 0 Å². The lowest BCUT2D eigenvalue weighted by Crippen LogP contribution is -2.47. The van der Waals surface area contributed by atoms with Crippen LogP contribution in [0.5, 0.6) is 11.5 Å². The number of ether oxygens (including phenoxy) is 1. The monoisotopic (exact) mass is 605 g/mol. The Morgan fingerprint density at radius 2 is 1.59 bits per heavy atom. The molecule has 2 aliphatic carbocycles. The number of pyridine rings is 2. The molecule has 0 saturated heterocycles. The Balaban J connectivity index is 1.08. The molecule has 6 nitrogen and oxygen atoms in total. The number of hydrogen-bond donors (Lipinski definition) is 0. The first kappa shape index (κ1) is 27.5. The summed E-state index contributed by atoms with van der Waals surface area (Å²) in [7, 11) is 0. The lowest BCUT2D eigenvalue weighted by Gasteiger charge is -2.38. The van der Waals surface area contributed by atoms with Crippen molar-refractivity contribution < 1.29 is 4.74 Å². The molecule has 2 bridgehead atoms. The van der Waals surface area contributed by atoms with Crippen molar-refractivity contribution >= 4 is 39.0 Å². The molecule has 230 valence electrons. The van der Waals surface area contributed by atoms with E-state index in [1.54, 1.807) is 0 Å². The smallest absolute Gasteiger partial charge is 0.154 e. The first-order chi connectivity index (χ1) is 22.4. The summed E-state index contributed by atoms with van der Waals surface area (Å²) in [5.74, 6) is 4.54. The summed E-state index contributed by atoms with van der Waals surface area (Å²) in [6.45, 7) is 7.55. The Hall–Kier alpha value is -4.84. The molecule has 46 heavy (non-hydrogen) atoms. The summed E-state index contributed by atoms with van der Waals surface area (Å²) in [6, 6.07) is 32.1. The number of benzene rings is 3. The molecule has 3 aromatic carbocycles. The maximum Gasteiger partial charge on any atom is 0.154 e. The zero-order valence-electron chi connectivity index (χ0n) is 26.8. The van der Waals surface area contributed by atoms with E-state index in [0.29, 0.717) is 0 Å². The highest BCUT2D eigenvalue weighted by molar-refractivity contribution is 6.09. The lowest BCUT2D eigenvalue weighted by atomic mass is 9.88. The van der Waals surface area contributed by atoms with Crippen LogP contribution < -0.4 is 14.5 Å². The van der Waals surface area contributed by atoms with E-state index in [4.69, 9.17) is 14.7 Å². The molecule has 0 spiro atoms. The van der Waals surface area contributed by atoms with E-state index in [0.717, 1.165) is 52.4 Å². The van der Waals surface area contributed by atoms with Gasteiger partial charge in [-0.05, 0) is 104 Å². The number of nitrogens with zero attached hydrogens (tertiary/aromatic N) is 5. The molecular weight excluding hydrogens is 566 g/mol. The second-order valence-corrected chi connectivity index (χ2v) is 14.5. The van der Waals surface area contributed by atoms with Crippen molar-refractivity contribution in [2.24, 2.45) is 5.92 Å². The number of para-hydroxylation sites is 1. The Morgan fingerprint density at radius 1 is 0.761 bits per heavy atom. The van der Waals surface area contributed by atoms with Crippen LogP contribution in [0.3, 0.4) is 0 Å². The van der Waals surface area contributed by atoms with Gasteiger partial charge < -0.3 is 14.5 Å². The van der Waals surface area contributed by atoms with E-state index in [2.05, 4.69) is 120 Å². The van der Waals surface area contributed by atoms with Gasteiger partial charge in [-0.3, -0.25) is 4.57 Å². The van der Waals surface area contributed by atoms with Crippen LogP contribution in [-0.4, -0.2) is 26.7 Å². The third kappa shape index (κ3) is 4.30. The van der Waals surface area contributed by atoms with Crippen LogP contribution in [0, 0.1) is 5.92 Å². The molecule has 6 heteroatoms. The van der Waals surface area contributed by atoms with Gasteiger partial charge in [0, 0.05) is 46.5 Å². The van der Waals surface area contributed by atoms with Crippen molar-refractivity contribution in [3.8, 4) is 17.3 Å². The van der Waals surface area contributed by atoms with E-state index in [1.165, 1.54) is 54.1 Å². The van der Waals surface area contributed by atoms with Crippen LogP contribution in [0.1, 0.15) is 58.4 Å². The summed E-state index contributed by atoms with van der Waals surface area (Å²) >= 11 is 0. The minimum absolute atomic E-state index is 0.0228. The average molecular weight is 606 g/mol. The van der Waals surface area contributed by atoms with E-state index in [-0.39, 0.29) is 11.0 Å². The Labute approximate surface area is 270 Å². The van der Waals surface area contributed by atoms with Crippen molar-refractivity contribution in [1.82, 2.24) is 14.5 Å². The molecule has 0 atom stereocenters. The molecule has 0 radical (unpaired) electrons. The van der Waals surface area contributed by atoms with Crippen molar-refractivity contribution in [3.05, 3.63) is 109 Å². The quantitative estimate of drug-likeness (QED) is 0.196. The van der Waals surface area contributed by atoms with Gasteiger partial charge in [0.05, 0.1) is 23.4 Å². The van der Waals surface area contributed by atoms with Gasteiger partial charge in [0.2, 0.25) is 0 Å². The number of anilines is 3. The van der Waals surface area contributed by atoms with Crippen molar-refractivity contribution in [3.63, 3.8) is 0 Å². The second kappa shape index (κ2) is 10.1. The molecule has 3 aromatic heterocycles. The SMILES string of the molecule is CC(C)(C)c1ccnc(-n2c3ccccc3c3ccc(Oc4cccc(N5CN(C67CCC(CC6)C7)c6ncccc65)c4)cc32)c1. The molecule has 1 aliphatic heterocycles. The molecule has 0 N–H and O–H groups in total. The maximum atomic E-state index is 6.62. The zero-order valence-corrected chi connectivity index (χ0v) is 26.8. The Kier molecular flexibility index (Phi) is 6.02. The topological polar surface area (TPSA) is 46.4 Å². The van der Waals surface area contributed by atoms with Gasteiger partial charge in [-0.25, -0.2) is 9.97 Å². The number of rotatable bonds is 5. The summed E-state index contributed by atoms with van der Waals surface area (Å²) < 4.78 is 8.89. The van der Waals surface area contributed by atoms with Crippen LogP contribution >= 0.6 is 0 Å². The largest absolute Gasteiger partial charge is 0.457 e. The van der Waals surface area contributed by atoms with Crippen molar-refractivity contribution in [2.75, 3.05) is 16.5 Å². The maximum absolute atomic E-state index is 6.62. The van der Waals surface area contributed by atoms with Gasteiger partial charge in [-0.2, -0.15) is 0 Å². The number of aromatic nitrogens is 3. The molecule has 2 saturated carbocycles. The van der Waals surface area contributed by atoms with E-state index in [9.17, 15) is 0 Å². The van der Waals surface area contributed by atoms with Crippen molar-refractivity contribution in [1.29, 1.82) is 0 Å². The normalized spacial score (nSPS) is 20.6. The number of hydrogen-bond acceptors (Lipinski definition) is 5. The molecule has 9 rings (SSSR count). The highest BCUT2D eigenvalue weighted by Crippen LogP contribution is 2.55. The molecule has 6 aromatic rings. The highest BCUT2D eigenvalue weighted by atomic mass is 16.5. The minimum atomic E-state index is 0.0228.